The van der Waals surface area contributed by atoms with Crippen LogP contribution < -0.4 is 0 Å². The molecule has 184 valence electrons. The number of hydrogen-bond acceptors (Lipinski definition) is 1. The molecular formula is C39H22S. The highest BCUT2D eigenvalue weighted by molar-refractivity contribution is 7.25. The topological polar surface area (TPSA) is 0 Å². The standard InChI is InChI=1S/C39H22S/c1-38-29-13-5-2-9-21(29)25-17-18-26-27-19-28-23-11-4-7-16-33(23)40-34(28)20-32(27)39(37(26)36(25)38)30-14-6-3-10-22(30)24-12-8-15-31(38)35(24)39/h2-20H,1H3. The molecule has 7 aromatic rings. The molecule has 0 N–H and O–H groups in total. The van der Waals surface area contributed by atoms with Crippen molar-refractivity contribution in [2.24, 2.45) is 0 Å². The van der Waals surface area contributed by atoms with Gasteiger partial charge in [-0.1, -0.05) is 97.1 Å². The highest BCUT2D eigenvalue weighted by Gasteiger charge is 2.61. The van der Waals surface area contributed by atoms with E-state index in [1.807, 2.05) is 11.3 Å². The van der Waals surface area contributed by atoms with Crippen LogP contribution in [0.25, 0.3) is 53.6 Å². The molecule has 0 aliphatic heterocycles. The molecule has 2 unspecified atom stereocenters. The van der Waals surface area contributed by atoms with Crippen LogP contribution >= 0.6 is 11.3 Å². The molecule has 0 saturated carbocycles. The van der Waals surface area contributed by atoms with Gasteiger partial charge in [-0.25, -0.2) is 0 Å². The molecule has 0 nitrogen and oxygen atoms in total. The second kappa shape index (κ2) is 6.30. The first-order valence-corrected chi connectivity index (χ1v) is 15.0. The van der Waals surface area contributed by atoms with E-state index in [1.54, 1.807) is 0 Å². The molecule has 2 atom stereocenters. The van der Waals surface area contributed by atoms with Crippen molar-refractivity contribution in [1.29, 1.82) is 0 Å². The highest BCUT2D eigenvalue weighted by Crippen LogP contribution is 2.72. The summed E-state index contributed by atoms with van der Waals surface area (Å²) in [6.07, 6.45) is 0. The summed E-state index contributed by atoms with van der Waals surface area (Å²) in [5.41, 5.74) is 18.4. The monoisotopic (exact) mass is 522 g/mol. The van der Waals surface area contributed by atoms with Crippen LogP contribution in [0.15, 0.2) is 115 Å². The molecule has 1 heteroatoms. The van der Waals surface area contributed by atoms with Gasteiger partial charge in [-0.3, -0.25) is 0 Å². The number of fused-ring (bicyclic) bond motifs is 11. The summed E-state index contributed by atoms with van der Waals surface area (Å²) < 4.78 is 2.76. The van der Waals surface area contributed by atoms with Gasteiger partial charge in [0.2, 0.25) is 0 Å². The fourth-order valence-corrected chi connectivity index (χ4v) is 10.4. The van der Waals surface area contributed by atoms with Gasteiger partial charge in [0, 0.05) is 25.6 Å². The van der Waals surface area contributed by atoms with E-state index in [1.165, 1.54) is 92.5 Å². The molecule has 0 bridgehead atoms. The average molecular weight is 523 g/mol. The van der Waals surface area contributed by atoms with Gasteiger partial charge in [0.15, 0.2) is 0 Å². The molecule has 0 amide bonds. The Balaban J connectivity index is 1.42. The Bertz CT molecular complexity index is 2350. The molecule has 11 rings (SSSR count). The Hall–Kier alpha value is -4.46. The Kier molecular flexibility index (Phi) is 3.22. The average Bonchev–Trinajstić information content (AvgIpc) is 3.69. The van der Waals surface area contributed by atoms with Crippen molar-refractivity contribution in [2.75, 3.05) is 0 Å². The zero-order chi connectivity index (χ0) is 26.0. The SMILES string of the molecule is CC12c3ccccc3-c3ccc4c(c31)C1(c3ccccc3-c3cccc2c31)c1cc2sc3ccccc3c2cc1-4. The fourth-order valence-electron chi connectivity index (χ4n) is 9.28. The van der Waals surface area contributed by atoms with Crippen molar-refractivity contribution < 1.29 is 0 Å². The molecule has 1 spiro atoms. The van der Waals surface area contributed by atoms with Crippen molar-refractivity contribution in [3.05, 3.63) is 154 Å². The van der Waals surface area contributed by atoms with E-state index in [4.69, 9.17) is 0 Å². The Morgan fingerprint density at radius 1 is 0.425 bits per heavy atom. The third kappa shape index (κ3) is 1.88. The predicted octanol–water partition coefficient (Wildman–Crippen LogP) is 10.0. The van der Waals surface area contributed by atoms with Crippen LogP contribution in [0.2, 0.25) is 0 Å². The summed E-state index contributed by atoms with van der Waals surface area (Å²) in [7, 11) is 0. The lowest BCUT2D eigenvalue weighted by Crippen LogP contribution is -2.39. The van der Waals surface area contributed by atoms with Crippen LogP contribution in [0.5, 0.6) is 0 Å². The van der Waals surface area contributed by atoms with Crippen molar-refractivity contribution in [3.63, 3.8) is 0 Å². The maximum Gasteiger partial charge on any atom is 0.0732 e. The van der Waals surface area contributed by atoms with Gasteiger partial charge in [-0.05, 0) is 97.4 Å². The molecule has 4 aliphatic rings. The molecule has 4 aliphatic carbocycles. The van der Waals surface area contributed by atoms with Crippen molar-refractivity contribution in [1.82, 2.24) is 0 Å². The van der Waals surface area contributed by atoms with Gasteiger partial charge < -0.3 is 0 Å². The Morgan fingerprint density at radius 3 is 1.95 bits per heavy atom. The van der Waals surface area contributed by atoms with Gasteiger partial charge in [0.25, 0.3) is 0 Å². The maximum atomic E-state index is 2.56. The summed E-state index contributed by atoms with van der Waals surface area (Å²) in [5, 5.41) is 2.75. The fraction of sp³-hybridized carbons (Fsp3) is 0.0769. The molecule has 40 heavy (non-hydrogen) atoms. The minimum Gasteiger partial charge on any atom is -0.135 e. The zero-order valence-electron chi connectivity index (χ0n) is 21.9. The second-order valence-corrected chi connectivity index (χ2v) is 13.2. The minimum atomic E-state index is -0.287. The largest absolute Gasteiger partial charge is 0.135 e. The van der Waals surface area contributed by atoms with Crippen molar-refractivity contribution >= 4 is 31.5 Å². The zero-order valence-corrected chi connectivity index (χ0v) is 22.7. The molecule has 0 saturated heterocycles. The van der Waals surface area contributed by atoms with Crippen molar-refractivity contribution in [3.8, 4) is 33.4 Å². The minimum absolute atomic E-state index is 0.180. The summed E-state index contributed by atoms with van der Waals surface area (Å²) in [5.74, 6) is 0. The first kappa shape index (κ1) is 20.4. The first-order valence-electron chi connectivity index (χ1n) is 14.2. The van der Waals surface area contributed by atoms with Gasteiger partial charge in [0.05, 0.1) is 5.41 Å². The quantitative estimate of drug-likeness (QED) is 0.186. The molecule has 1 aromatic heterocycles. The van der Waals surface area contributed by atoms with Crippen LogP contribution in [-0.2, 0) is 10.8 Å². The lowest BCUT2D eigenvalue weighted by Gasteiger charge is -2.44. The van der Waals surface area contributed by atoms with Gasteiger partial charge in [-0.2, -0.15) is 0 Å². The molecule has 6 aromatic carbocycles. The molecule has 1 heterocycles. The first-order chi connectivity index (χ1) is 19.7. The summed E-state index contributed by atoms with van der Waals surface area (Å²) in [6.45, 7) is 2.50. The lowest BCUT2D eigenvalue weighted by atomic mass is 9.56. The number of benzene rings is 6. The Labute approximate surface area is 236 Å². The van der Waals surface area contributed by atoms with Crippen LogP contribution in [0.3, 0.4) is 0 Å². The van der Waals surface area contributed by atoms with Crippen molar-refractivity contribution in [2.45, 2.75) is 17.8 Å². The maximum absolute atomic E-state index is 2.56. The second-order valence-electron chi connectivity index (χ2n) is 12.1. The van der Waals surface area contributed by atoms with E-state index in [0.717, 1.165) is 0 Å². The van der Waals surface area contributed by atoms with E-state index in [2.05, 4.69) is 122 Å². The molecule has 0 fully saturated rings. The number of hydrogen-bond donors (Lipinski definition) is 0. The number of rotatable bonds is 0. The normalized spacial score (nSPS) is 21.3. The Morgan fingerprint density at radius 2 is 1.07 bits per heavy atom. The van der Waals surface area contributed by atoms with E-state index in [0.29, 0.717) is 0 Å². The lowest BCUT2D eigenvalue weighted by molar-refractivity contribution is 0.621. The molecule has 0 radical (unpaired) electrons. The summed E-state index contributed by atoms with van der Waals surface area (Å²) >= 11 is 1.94. The smallest absolute Gasteiger partial charge is 0.0732 e. The van der Waals surface area contributed by atoms with Crippen LogP contribution in [0, 0.1) is 0 Å². The van der Waals surface area contributed by atoms with Gasteiger partial charge in [0.1, 0.15) is 0 Å². The predicted molar refractivity (Wildman–Crippen MR) is 167 cm³/mol. The van der Waals surface area contributed by atoms with E-state index in [-0.39, 0.29) is 10.8 Å². The van der Waals surface area contributed by atoms with E-state index >= 15 is 0 Å². The molecular weight excluding hydrogens is 500 g/mol. The van der Waals surface area contributed by atoms with E-state index in [9.17, 15) is 0 Å². The van der Waals surface area contributed by atoms with Gasteiger partial charge in [-0.15, -0.1) is 11.3 Å². The third-order valence-corrected chi connectivity index (χ3v) is 11.8. The van der Waals surface area contributed by atoms with E-state index < -0.39 is 0 Å². The summed E-state index contributed by atoms with van der Waals surface area (Å²) in [6, 6.07) is 44.4. The van der Waals surface area contributed by atoms with Crippen LogP contribution in [0.1, 0.15) is 45.9 Å². The number of thiophene rings is 1. The highest BCUT2D eigenvalue weighted by atomic mass is 32.1. The third-order valence-electron chi connectivity index (χ3n) is 10.6. The van der Waals surface area contributed by atoms with Crippen LogP contribution in [0.4, 0.5) is 0 Å². The summed E-state index contributed by atoms with van der Waals surface area (Å²) in [4.78, 5) is 0. The van der Waals surface area contributed by atoms with Crippen LogP contribution in [-0.4, -0.2) is 0 Å². The van der Waals surface area contributed by atoms with Gasteiger partial charge >= 0.3 is 0 Å².